The number of benzene rings is 2. The summed E-state index contributed by atoms with van der Waals surface area (Å²) in [5.74, 6) is -0.254. The molecule has 0 radical (unpaired) electrons. The molecule has 0 bridgehead atoms. The van der Waals surface area contributed by atoms with E-state index >= 15 is 0 Å². The van der Waals surface area contributed by atoms with Gasteiger partial charge in [-0.2, -0.15) is 0 Å². The van der Waals surface area contributed by atoms with E-state index in [4.69, 9.17) is 21.1 Å². The zero-order valence-electron chi connectivity index (χ0n) is 18.4. The summed E-state index contributed by atoms with van der Waals surface area (Å²) < 4.78 is 34.4. The van der Waals surface area contributed by atoms with Gasteiger partial charge in [-0.3, -0.25) is 9.69 Å². The van der Waals surface area contributed by atoms with E-state index in [1.165, 1.54) is 12.1 Å². The number of carbonyl (C=O) groups is 1. The molecule has 1 saturated heterocycles. The lowest BCUT2D eigenvalue weighted by Gasteiger charge is -2.19. The number of aliphatic carboxylic acids is 1. The second kappa shape index (κ2) is 10.7. The van der Waals surface area contributed by atoms with E-state index in [2.05, 4.69) is 14.6 Å². The fraction of sp³-hybridized carbons (Fsp3) is 0.333. The fourth-order valence-electron chi connectivity index (χ4n) is 4.09. The highest BCUT2D eigenvalue weighted by atomic mass is 35.5. The van der Waals surface area contributed by atoms with E-state index in [1.54, 1.807) is 12.1 Å². The van der Waals surface area contributed by atoms with E-state index in [0.717, 1.165) is 5.52 Å². The van der Waals surface area contributed by atoms with E-state index in [1.807, 2.05) is 36.4 Å². The largest absolute Gasteiger partial charge is 0.481 e. The highest BCUT2D eigenvalue weighted by Crippen LogP contribution is 2.25. The number of unbranched alkanes of at least 4 members (excludes halogenated alkanes) is 1. The minimum absolute atomic E-state index is 0.0437. The Bertz CT molecular complexity index is 1240. The summed E-state index contributed by atoms with van der Waals surface area (Å²) >= 11 is 5.89. The number of nitrogens with one attached hydrogen (secondary N) is 1. The number of nitrogens with zero attached hydrogens (tertiary/aromatic N) is 2. The van der Waals surface area contributed by atoms with E-state index in [9.17, 15) is 13.2 Å². The van der Waals surface area contributed by atoms with Gasteiger partial charge in [0.2, 0.25) is 15.9 Å². The van der Waals surface area contributed by atoms with Crippen molar-refractivity contribution in [1.29, 1.82) is 0 Å². The molecular weight excluding hydrogens is 478 g/mol. The third-order valence-corrected chi connectivity index (χ3v) is 7.48. The summed E-state index contributed by atoms with van der Waals surface area (Å²) in [4.78, 5) is 17.6. The topological polar surface area (TPSA) is 113 Å². The van der Waals surface area contributed by atoms with Crippen LogP contribution >= 0.6 is 11.6 Å². The first-order valence-corrected chi connectivity index (χ1v) is 12.9. The molecule has 8 nitrogen and oxygen atoms in total. The van der Waals surface area contributed by atoms with E-state index in [-0.39, 0.29) is 23.4 Å². The van der Waals surface area contributed by atoms with Gasteiger partial charge in [0.1, 0.15) is 5.52 Å². The summed E-state index contributed by atoms with van der Waals surface area (Å²) in [6.07, 6.45) is 5.86. The Morgan fingerprint density at radius 3 is 2.74 bits per heavy atom. The third kappa shape index (κ3) is 6.24. The van der Waals surface area contributed by atoms with E-state index in [0.29, 0.717) is 48.8 Å². The molecule has 34 heavy (non-hydrogen) atoms. The Hall–Kier alpha value is -2.72. The van der Waals surface area contributed by atoms with Crippen molar-refractivity contribution in [2.24, 2.45) is 0 Å². The molecule has 2 heterocycles. The van der Waals surface area contributed by atoms with Crippen LogP contribution in [0.4, 0.5) is 0 Å². The molecule has 10 heteroatoms. The quantitative estimate of drug-likeness (QED) is 0.314. The average Bonchev–Trinajstić information content (AvgIpc) is 3.36. The van der Waals surface area contributed by atoms with Crippen molar-refractivity contribution in [2.45, 2.75) is 49.2 Å². The predicted molar refractivity (Wildman–Crippen MR) is 129 cm³/mol. The molecule has 0 aliphatic carbocycles. The van der Waals surface area contributed by atoms with Crippen LogP contribution in [0.5, 0.6) is 0 Å². The van der Waals surface area contributed by atoms with Crippen molar-refractivity contribution in [3.8, 4) is 0 Å². The number of sulfonamides is 1. The number of likely N-dealkylation sites (tertiary alicyclic amines) is 1. The van der Waals surface area contributed by atoms with Crippen LogP contribution in [-0.2, 0) is 21.4 Å². The average molecular weight is 504 g/mol. The molecule has 3 aromatic rings. The number of para-hydroxylation sites is 2. The van der Waals surface area contributed by atoms with Crippen LogP contribution in [0.1, 0.15) is 31.6 Å². The normalized spacial score (nSPS) is 19.3. The Labute approximate surface area is 203 Å². The molecule has 2 atom stereocenters. The van der Waals surface area contributed by atoms with Gasteiger partial charge in [-0.25, -0.2) is 18.1 Å². The van der Waals surface area contributed by atoms with Crippen molar-refractivity contribution in [1.82, 2.24) is 14.6 Å². The van der Waals surface area contributed by atoms with E-state index < -0.39 is 16.0 Å². The van der Waals surface area contributed by atoms with Gasteiger partial charge in [0.15, 0.2) is 5.58 Å². The van der Waals surface area contributed by atoms with Crippen LogP contribution in [0.25, 0.3) is 11.1 Å². The van der Waals surface area contributed by atoms with Crippen molar-refractivity contribution in [3.63, 3.8) is 0 Å². The number of allylic oxidation sites excluding steroid dienone is 1. The molecule has 1 fully saturated rings. The summed E-state index contributed by atoms with van der Waals surface area (Å²) in [5, 5.41) is 9.29. The van der Waals surface area contributed by atoms with Gasteiger partial charge in [0.05, 0.1) is 11.4 Å². The maximum Gasteiger partial charge on any atom is 0.303 e. The smallest absolute Gasteiger partial charge is 0.303 e. The molecule has 0 saturated carbocycles. The molecular formula is C24H26ClN3O5S. The van der Waals surface area contributed by atoms with Crippen molar-refractivity contribution in [2.75, 3.05) is 6.54 Å². The maximum absolute atomic E-state index is 12.9. The second-order valence-electron chi connectivity index (χ2n) is 8.29. The van der Waals surface area contributed by atoms with Gasteiger partial charge in [0.25, 0.3) is 0 Å². The predicted octanol–water partition coefficient (Wildman–Crippen LogP) is 4.21. The van der Waals surface area contributed by atoms with Crippen LogP contribution in [0.15, 0.2) is 70.0 Å². The Balaban J connectivity index is 1.47. The molecule has 0 unspecified atom stereocenters. The number of rotatable bonds is 10. The number of halogens is 1. The fourth-order valence-corrected chi connectivity index (χ4v) is 5.45. The summed E-state index contributed by atoms with van der Waals surface area (Å²) in [5.41, 5.74) is 1.48. The lowest BCUT2D eigenvalue weighted by Crippen LogP contribution is -2.37. The van der Waals surface area contributed by atoms with Crippen LogP contribution in [0.3, 0.4) is 0 Å². The molecule has 0 spiro atoms. The zero-order valence-corrected chi connectivity index (χ0v) is 20.0. The molecule has 1 aliphatic heterocycles. The number of carboxylic acids is 1. The molecule has 180 valence electrons. The molecule has 4 rings (SSSR count). The number of fused-ring (bicyclic) bond motifs is 1. The monoisotopic (exact) mass is 503 g/mol. The molecule has 0 amide bonds. The number of hydrogen-bond donors (Lipinski definition) is 2. The minimum Gasteiger partial charge on any atom is -0.481 e. The lowest BCUT2D eigenvalue weighted by atomic mass is 10.1. The van der Waals surface area contributed by atoms with Gasteiger partial charge < -0.3 is 9.52 Å². The highest BCUT2D eigenvalue weighted by molar-refractivity contribution is 7.89. The first-order chi connectivity index (χ1) is 16.3. The Morgan fingerprint density at radius 2 is 2.00 bits per heavy atom. The lowest BCUT2D eigenvalue weighted by molar-refractivity contribution is -0.137. The minimum atomic E-state index is -3.70. The number of carboxylic acid groups (broad SMARTS) is 1. The summed E-state index contributed by atoms with van der Waals surface area (Å²) in [6.45, 7) is 0.910. The number of oxazole rings is 1. The van der Waals surface area contributed by atoms with Gasteiger partial charge in [-0.15, -0.1) is 0 Å². The first-order valence-electron chi connectivity index (χ1n) is 11.0. The van der Waals surface area contributed by atoms with Gasteiger partial charge in [-0.05, 0) is 55.7 Å². The van der Waals surface area contributed by atoms with Crippen molar-refractivity contribution < 1.29 is 22.7 Å². The Kier molecular flexibility index (Phi) is 7.67. The molecule has 1 aliphatic rings. The van der Waals surface area contributed by atoms with Crippen molar-refractivity contribution in [3.05, 3.63) is 71.6 Å². The van der Waals surface area contributed by atoms with Crippen molar-refractivity contribution >= 4 is 38.7 Å². The Morgan fingerprint density at radius 1 is 1.24 bits per heavy atom. The standard InChI is InChI=1S/C24H26ClN3O5S/c25-17-10-12-20(13-11-17)34(31,32)27-18-14-19(6-2-1-3-9-24(29)30)28(15-18)16-23-26-21-7-4-5-8-22(21)33-23/h2,4-8,10-13,18-19,27H,1,3,9,14-16H2,(H,29,30)/b6-2-/t18-,19-/m1/s1. The molecule has 2 N–H and O–H groups in total. The SMILES string of the molecule is O=C(O)CCC/C=C\[C@@H]1C[C@@H](NS(=O)(=O)c2ccc(Cl)cc2)CN1Cc1nc2ccccc2o1. The maximum atomic E-state index is 12.9. The van der Waals surface area contributed by atoms with Gasteiger partial charge >= 0.3 is 5.97 Å². The highest BCUT2D eigenvalue weighted by Gasteiger charge is 2.34. The molecule has 1 aromatic heterocycles. The summed E-state index contributed by atoms with van der Waals surface area (Å²) in [7, 11) is -3.70. The second-order valence-corrected chi connectivity index (χ2v) is 10.4. The van der Waals surface area contributed by atoms with Crippen LogP contribution < -0.4 is 4.72 Å². The van der Waals surface area contributed by atoms with Crippen LogP contribution in [0.2, 0.25) is 5.02 Å². The summed E-state index contributed by atoms with van der Waals surface area (Å²) in [6, 6.07) is 13.2. The van der Waals surface area contributed by atoms with Gasteiger partial charge in [0, 0.05) is 30.1 Å². The van der Waals surface area contributed by atoms with Crippen LogP contribution in [-0.4, -0.2) is 48.0 Å². The third-order valence-electron chi connectivity index (χ3n) is 5.69. The van der Waals surface area contributed by atoms with Crippen LogP contribution in [0, 0.1) is 0 Å². The number of aromatic nitrogens is 1. The molecule has 2 aromatic carbocycles. The number of hydrogen-bond acceptors (Lipinski definition) is 6. The van der Waals surface area contributed by atoms with Gasteiger partial charge in [-0.1, -0.05) is 35.9 Å². The first kappa shape index (κ1) is 24.4. The zero-order chi connectivity index (χ0) is 24.1.